The van der Waals surface area contributed by atoms with E-state index in [1.165, 1.54) is 0 Å². The van der Waals surface area contributed by atoms with E-state index in [9.17, 15) is 9.90 Å². The van der Waals surface area contributed by atoms with E-state index in [4.69, 9.17) is 11.6 Å². The fourth-order valence-electron chi connectivity index (χ4n) is 4.08. The third kappa shape index (κ3) is 2.23. The van der Waals surface area contributed by atoms with E-state index in [0.717, 1.165) is 33.8 Å². The molecule has 3 atom stereocenters. The molecule has 1 aliphatic heterocycles. The molecule has 0 bridgehead atoms. The van der Waals surface area contributed by atoms with Gasteiger partial charge in [0, 0.05) is 22.2 Å². The molecule has 4 heteroatoms. The minimum atomic E-state index is -0.886. The largest absolute Gasteiger partial charge is 0.478 e. The van der Waals surface area contributed by atoms with Crippen molar-refractivity contribution in [2.24, 2.45) is 5.92 Å². The maximum absolute atomic E-state index is 11.7. The third-order valence-electron chi connectivity index (χ3n) is 5.20. The summed E-state index contributed by atoms with van der Waals surface area (Å²) < 4.78 is 0. The Labute approximate surface area is 146 Å². The minimum absolute atomic E-state index is 0.0398. The van der Waals surface area contributed by atoms with Gasteiger partial charge >= 0.3 is 5.97 Å². The van der Waals surface area contributed by atoms with Crippen LogP contribution in [0.3, 0.4) is 0 Å². The Morgan fingerprint density at radius 2 is 2.04 bits per heavy atom. The molecule has 4 rings (SSSR count). The highest BCUT2D eigenvalue weighted by atomic mass is 35.5. The second-order valence-corrected chi connectivity index (χ2v) is 6.93. The van der Waals surface area contributed by atoms with Gasteiger partial charge in [0.1, 0.15) is 0 Å². The molecule has 0 amide bonds. The number of hydrogen-bond acceptors (Lipinski definition) is 2. The van der Waals surface area contributed by atoms with Gasteiger partial charge in [-0.15, -0.1) is 0 Å². The Morgan fingerprint density at radius 1 is 1.25 bits per heavy atom. The summed E-state index contributed by atoms with van der Waals surface area (Å²) in [5.74, 6) is -0.388. The Morgan fingerprint density at radius 3 is 2.83 bits per heavy atom. The van der Waals surface area contributed by atoms with Gasteiger partial charge in [0.15, 0.2) is 0 Å². The first-order valence-electron chi connectivity index (χ1n) is 8.12. The lowest BCUT2D eigenvalue weighted by molar-refractivity contribution is 0.0694. The molecule has 122 valence electrons. The molecule has 0 radical (unpaired) electrons. The van der Waals surface area contributed by atoms with Gasteiger partial charge in [-0.3, -0.25) is 0 Å². The molecule has 2 aromatic rings. The maximum Gasteiger partial charge on any atom is 0.336 e. The first kappa shape index (κ1) is 15.3. The molecule has 0 fully saturated rings. The number of aryl methyl sites for hydroxylation is 1. The van der Waals surface area contributed by atoms with E-state index in [1.54, 1.807) is 12.1 Å². The number of carboxylic acids is 1. The van der Waals surface area contributed by atoms with Crippen molar-refractivity contribution in [3.8, 4) is 0 Å². The number of carbonyl (C=O) groups is 1. The van der Waals surface area contributed by atoms with E-state index in [0.29, 0.717) is 5.56 Å². The summed E-state index contributed by atoms with van der Waals surface area (Å²) in [6.07, 6.45) is 5.31. The fourth-order valence-corrected chi connectivity index (χ4v) is 4.36. The van der Waals surface area contributed by atoms with E-state index in [1.807, 2.05) is 24.3 Å². The number of anilines is 1. The maximum atomic E-state index is 11.7. The smallest absolute Gasteiger partial charge is 0.336 e. The number of hydrogen-bond donors (Lipinski definition) is 2. The summed E-state index contributed by atoms with van der Waals surface area (Å²) in [4.78, 5) is 11.7. The fraction of sp³-hybridized carbons (Fsp3) is 0.250. The van der Waals surface area contributed by atoms with Crippen LogP contribution in [-0.4, -0.2) is 11.1 Å². The zero-order valence-corrected chi connectivity index (χ0v) is 14.0. The molecule has 2 aliphatic rings. The third-order valence-corrected chi connectivity index (χ3v) is 5.53. The van der Waals surface area contributed by atoms with E-state index < -0.39 is 5.97 Å². The molecule has 0 spiro atoms. The number of fused-ring (bicyclic) bond motifs is 3. The standard InChI is InChI=1S/C20H18ClNO2/c1-11-9-10-16(21)17-12-7-4-8-13(12)19(22-18(11)17)14-5-2-3-6-15(14)20(23)24/h2-7,9-10,12-13,19,22H,8H2,1H3,(H,23,24)/t12-,13-,19+/m1/s1. The molecule has 3 nitrogen and oxygen atoms in total. The van der Waals surface area contributed by atoms with Crippen LogP contribution in [-0.2, 0) is 0 Å². The summed E-state index contributed by atoms with van der Waals surface area (Å²) in [5, 5.41) is 13.9. The van der Waals surface area contributed by atoms with Gasteiger partial charge in [0.2, 0.25) is 0 Å². The van der Waals surface area contributed by atoms with Gasteiger partial charge in [-0.25, -0.2) is 4.79 Å². The normalized spacial score (nSPS) is 24.2. The minimum Gasteiger partial charge on any atom is -0.478 e. The predicted octanol–water partition coefficient (Wildman–Crippen LogP) is 5.17. The summed E-state index contributed by atoms with van der Waals surface area (Å²) in [5.41, 5.74) is 4.52. The van der Waals surface area contributed by atoms with Crippen LogP contribution in [0.2, 0.25) is 5.02 Å². The Kier molecular flexibility index (Phi) is 3.61. The predicted molar refractivity (Wildman–Crippen MR) is 95.9 cm³/mol. The summed E-state index contributed by atoms with van der Waals surface area (Å²) in [6.45, 7) is 2.06. The molecule has 1 heterocycles. The Balaban J connectivity index is 1.88. The highest BCUT2D eigenvalue weighted by Crippen LogP contribution is 2.52. The van der Waals surface area contributed by atoms with E-state index in [-0.39, 0.29) is 17.9 Å². The molecular formula is C20H18ClNO2. The lowest BCUT2D eigenvalue weighted by Crippen LogP contribution is -2.31. The van der Waals surface area contributed by atoms with Crippen molar-refractivity contribution >= 4 is 23.3 Å². The van der Waals surface area contributed by atoms with Crippen LogP contribution in [0.5, 0.6) is 0 Å². The highest BCUT2D eigenvalue weighted by Gasteiger charge is 2.40. The number of aromatic carboxylic acids is 1. The lowest BCUT2D eigenvalue weighted by Gasteiger charge is -2.39. The van der Waals surface area contributed by atoms with Crippen LogP contribution in [0.1, 0.15) is 45.4 Å². The van der Waals surface area contributed by atoms with Crippen LogP contribution < -0.4 is 5.32 Å². The number of benzene rings is 2. The van der Waals surface area contributed by atoms with E-state index >= 15 is 0 Å². The van der Waals surface area contributed by atoms with Crippen molar-refractivity contribution in [2.75, 3.05) is 5.32 Å². The first-order valence-corrected chi connectivity index (χ1v) is 8.50. The number of carboxylic acid groups (broad SMARTS) is 1. The zero-order valence-electron chi connectivity index (χ0n) is 13.3. The van der Waals surface area contributed by atoms with Crippen LogP contribution in [0.15, 0.2) is 48.6 Å². The summed E-state index contributed by atoms with van der Waals surface area (Å²) in [6, 6.07) is 11.2. The van der Waals surface area contributed by atoms with Crippen molar-refractivity contribution in [3.63, 3.8) is 0 Å². The lowest BCUT2D eigenvalue weighted by atomic mass is 9.75. The van der Waals surface area contributed by atoms with Crippen LogP contribution in [0, 0.1) is 12.8 Å². The molecular weight excluding hydrogens is 322 g/mol. The molecule has 0 saturated carbocycles. The Bertz CT molecular complexity index is 859. The van der Waals surface area contributed by atoms with Gasteiger partial charge in [-0.1, -0.05) is 48.0 Å². The van der Waals surface area contributed by atoms with Gasteiger partial charge in [-0.05, 0) is 42.5 Å². The first-order chi connectivity index (χ1) is 11.6. The van der Waals surface area contributed by atoms with Crippen molar-refractivity contribution in [2.45, 2.75) is 25.3 Å². The second kappa shape index (κ2) is 5.67. The Hall–Kier alpha value is -2.26. The second-order valence-electron chi connectivity index (χ2n) is 6.52. The summed E-state index contributed by atoms with van der Waals surface area (Å²) in [7, 11) is 0. The molecule has 0 unspecified atom stereocenters. The number of halogens is 1. The van der Waals surface area contributed by atoms with Crippen molar-refractivity contribution < 1.29 is 9.90 Å². The van der Waals surface area contributed by atoms with Gasteiger partial charge in [0.05, 0.1) is 11.6 Å². The van der Waals surface area contributed by atoms with Crippen LogP contribution in [0.25, 0.3) is 0 Å². The average molecular weight is 340 g/mol. The van der Waals surface area contributed by atoms with E-state index in [2.05, 4.69) is 24.4 Å². The van der Waals surface area contributed by atoms with Crippen LogP contribution in [0.4, 0.5) is 5.69 Å². The molecule has 2 N–H and O–H groups in total. The quantitative estimate of drug-likeness (QED) is 0.742. The zero-order chi connectivity index (χ0) is 16.8. The van der Waals surface area contributed by atoms with Gasteiger partial charge in [0.25, 0.3) is 0 Å². The number of nitrogens with one attached hydrogen (secondary N) is 1. The molecule has 0 saturated heterocycles. The van der Waals surface area contributed by atoms with Crippen molar-refractivity contribution in [3.05, 3.63) is 75.8 Å². The number of allylic oxidation sites excluding steroid dienone is 2. The van der Waals surface area contributed by atoms with Crippen molar-refractivity contribution in [1.29, 1.82) is 0 Å². The van der Waals surface area contributed by atoms with Gasteiger partial charge in [-0.2, -0.15) is 0 Å². The molecule has 0 aromatic heterocycles. The van der Waals surface area contributed by atoms with Crippen LogP contribution >= 0.6 is 11.6 Å². The van der Waals surface area contributed by atoms with Gasteiger partial charge < -0.3 is 10.4 Å². The topological polar surface area (TPSA) is 49.3 Å². The number of rotatable bonds is 2. The molecule has 24 heavy (non-hydrogen) atoms. The van der Waals surface area contributed by atoms with Crippen molar-refractivity contribution in [1.82, 2.24) is 0 Å². The molecule has 1 aliphatic carbocycles. The monoisotopic (exact) mass is 339 g/mol. The average Bonchev–Trinajstić information content (AvgIpc) is 3.06. The summed E-state index contributed by atoms with van der Waals surface area (Å²) >= 11 is 6.49. The molecule has 2 aromatic carbocycles. The SMILES string of the molecule is Cc1ccc(Cl)c2c1N[C@H](c1ccccc1C(=O)O)[C@@H]1CC=C[C@@H]21. The highest BCUT2D eigenvalue weighted by molar-refractivity contribution is 6.32.